The minimum atomic E-state index is -1.78. The van der Waals surface area contributed by atoms with Gasteiger partial charge in [0.05, 0.1) is 7.11 Å². The number of carbonyl (C=O) groups excluding carboxylic acids is 2. The van der Waals surface area contributed by atoms with Crippen LogP contribution in [-0.2, 0) is 25.7 Å². The lowest BCUT2D eigenvalue weighted by Crippen LogP contribution is -2.56. The topological polar surface area (TPSA) is 105 Å². The molecule has 0 spiro atoms. The highest BCUT2D eigenvalue weighted by Crippen LogP contribution is 2.16. The van der Waals surface area contributed by atoms with Crippen molar-refractivity contribution in [3.63, 3.8) is 0 Å². The molecule has 1 aromatic carbocycles. The molecule has 1 aromatic rings. The van der Waals surface area contributed by atoms with Crippen molar-refractivity contribution in [1.82, 2.24) is 0 Å². The van der Waals surface area contributed by atoms with Crippen molar-refractivity contribution in [2.75, 3.05) is 13.7 Å². The van der Waals surface area contributed by atoms with E-state index >= 15 is 0 Å². The van der Waals surface area contributed by atoms with Crippen LogP contribution in [0.4, 0.5) is 0 Å². The summed E-state index contributed by atoms with van der Waals surface area (Å²) in [7, 11) is 1.19. The van der Waals surface area contributed by atoms with Crippen LogP contribution in [0.25, 0.3) is 0 Å². The molecule has 0 aromatic heterocycles. The molecule has 0 aliphatic rings. The summed E-state index contributed by atoms with van der Waals surface area (Å²) in [5, 5.41) is 0. The number of ether oxygens (including phenoxy) is 2. The predicted octanol–water partition coefficient (Wildman–Crippen LogP) is 0.729. The largest absolute Gasteiger partial charge is 0.467 e. The minimum Gasteiger partial charge on any atom is -0.467 e. The van der Waals surface area contributed by atoms with Crippen molar-refractivity contribution in [1.29, 1.82) is 0 Å². The van der Waals surface area contributed by atoms with E-state index in [4.69, 9.17) is 16.2 Å². The normalized spacial score (nSPS) is 13.3. The molecule has 0 bridgehead atoms. The third-order valence-corrected chi connectivity index (χ3v) is 3.15. The SMILES string of the molecule is COC(=O)[C@@](N)(CCCCN)C(=O)OCc1ccccc1. The maximum absolute atomic E-state index is 12.2. The maximum atomic E-state index is 12.2. The van der Waals surface area contributed by atoms with E-state index in [0.29, 0.717) is 19.4 Å². The van der Waals surface area contributed by atoms with Crippen LogP contribution in [0, 0.1) is 0 Å². The predicted molar refractivity (Wildman–Crippen MR) is 78.1 cm³/mol. The first kappa shape index (κ1) is 17.1. The summed E-state index contributed by atoms with van der Waals surface area (Å²) in [4.78, 5) is 24.0. The molecule has 0 aliphatic heterocycles. The fourth-order valence-electron chi connectivity index (χ4n) is 1.87. The molecule has 0 fully saturated rings. The van der Waals surface area contributed by atoms with E-state index in [9.17, 15) is 9.59 Å². The molecular weight excluding hydrogens is 272 g/mol. The van der Waals surface area contributed by atoms with E-state index in [1.54, 1.807) is 0 Å². The molecule has 0 saturated carbocycles. The summed E-state index contributed by atoms with van der Waals surface area (Å²) in [6.07, 6.45) is 1.36. The molecule has 1 atom stereocenters. The van der Waals surface area contributed by atoms with Gasteiger partial charge >= 0.3 is 11.9 Å². The number of hydrogen-bond acceptors (Lipinski definition) is 6. The van der Waals surface area contributed by atoms with E-state index in [1.165, 1.54) is 7.11 Å². The monoisotopic (exact) mass is 294 g/mol. The van der Waals surface area contributed by atoms with E-state index < -0.39 is 17.5 Å². The van der Waals surface area contributed by atoms with Gasteiger partial charge in [-0.2, -0.15) is 0 Å². The number of rotatable bonds is 8. The summed E-state index contributed by atoms with van der Waals surface area (Å²) in [6.45, 7) is 0.531. The van der Waals surface area contributed by atoms with Crippen molar-refractivity contribution >= 4 is 11.9 Å². The first-order valence-electron chi connectivity index (χ1n) is 6.83. The second-order valence-electron chi connectivity index (χ2n) is 4.77. The molecular formula is C15H22N2O4. The lowest BCUT2D eigenvalue weighted by Gasteiger charge is -2.24. The van der Waals surface area contributed by atoms with Crippen LogP contribution < -0.4 is 11.5 Å². The zero-order valence-corrected chi connectivity index (χ0v) is 12.2. The number of esters is 2. The van der Waals surface area contributed by atoms with Crippen molar-refractivity contribution < 1.29 is 19.1 Å². The van der Waals surface area contributed by atoms with Gasteiger partial charge in [-0.1, -0.05) is 30.3 Å². The molecule has 0 aliphatic carbocycles. The molecule has 21 heavy (non-hydrogen) atoms. The van der Waals surface area contributed by atoms with Gasteiger partial charge in [-0.3, -0.25) is 0 Å². The third-order valence-electron chi connectivity index (χ3n) is 3.15. The van der Waals surface area contributed by atoms with Gasteiger partial charge in [0.15, 0.2) is 0 Å². The summed E-state index contributed by atoms with van der Waals surface area (Å²) in [6, 6.07) is 9.16. The smallest absolute Gasteiger partial charge is 0.338 e. The molecule has 6 heteroatoms. The second kappa shape index (κ2) is 8.39. The van der Waals surface area contributed by atoms with Crippen molar-refractivity contribution in [3.05, 3.63) is 35.9 Å². The highest BCUT2D eigenvalue weighted by Gasteiger charge is 2.44. The van der Waals surface area contributed by atoms with Gasteiger partial charge in [-0.25, -0.2) is 9.59 Å². The second-order valence-corrected chi connectivity index (χ2v) is 4.77. The number of methoxy groups -OCH3 is 1. The van der Waals surface area contributed by atoms with E-state index in [2.05, 4.69) is 4.74 Å². The van der Waals surface area contributed by atoms with Gasteiger partial charge in [-0.15, -0.1) is 0 Å². The summed E-state index contributed by atoms with van der Waals surface area (Å²) in [5.74, 6) is -1.58. The summed E-state index contributed by atoms with van der Waals surface area (Å²) >= 11 is 0. The Morgan fingerprint density at radius 3 is 2.38 bits per heavy atom. The van der Waals surface area contributed by atoms with E-state index in [1.807, 2.05) is 30.3 Å². The molecule has 1 rings (SSSR count). The zero-order valence-electron chi connectivity index (χ0n) is 12.2. The fourth-order valence-corrected chi connectivity index (χ4v) is 1.87. The highest BCUT2D eigenvalue weighted by molar-refractivity contribution is 6.04. The Morgan fingerprint density at radius 2 is 1.81 bits per heavy atom. The molecule has 116 valence electrons. The molecule has 0 heterocycles. The van der Waals surface area contributed by atoms with Crippen LogP contribution in [0.3, 0.4) is 0 Å². The first-order valence-corrected chi connectivity index (χ1v) is 6.83. The molecule has 0 unspecified atom stereocenters. The standard InChI is InChI=1S/C15H22N2O4/c1-20-13(18)15(17,9-5-6-10-16)14(19)21-11-12-7-3-2-4-8-12/h2-4,7-8H,5-6,9-11,16-17H2,1H3/t15-/m0/s1. The lowest BCUT2D eigenvalue weighted by molar-refractivity contribution is -0.164. The number of nitrogens with two attached hydrogens (primary N) is 2. The van der Waals surface area contributed by atoms with Crippen LogP contribution in [0.1, 0.15) is 24.8 Å². The Hall–Kier alpha value is -1.92. The fraction of sp³-hybridized carbons (Fsp3) is 0.467. The van der Waals surface area contributed by atoms with E-state index in [-0.39, 0.29) is 13.0 Å². The average Bonchev–Trinajstić information content (AvgIpc) is 2.52. The number of benzene rings is 1. The lowest BCUT2D eigenvalue weighted by atomic mass is 9.94. The summed E-state index contributed by atoms with van der Waals surface area (Å²) < 4.78 is 9.77. The Morgan fingerprint density at radius 1 is 1.14 bits per heavy atom. The Bertz CT molecular complexity index is 464. The third kappa shape index (κ3) is 4.84. The minimum absolute atomic E-state index is 0.0620. The van der Waals surface area contributed by atoms with Gasteiger partial charge in [0.1, 0.15) is 6.61 Å². The molecule has 4 N–H and O–H groups in total. The Balaban J connectivity index is 2.68. The molecule has 0 saturated heterocycles. The molecule has 6 nitrogen and oxygen atoms in total. The molecule has 0 radical (unpaired) electrons. The number of unbranched alkanes of at least 4 members (excludes halogenated alkanes) is 1. The van der Waals surface area contributed by atoms with Crippen LogP contribution in [-0.4, -0.2) is 31.1 Å². The van der Waals surface area contributed by atoms with Crippen LogP contribution in [0.15, 0.2) is 30.3 Å². The Kier molecular flexibility index (Phi) is 6.84. The number of hydrogen-bond donors (Lipinski definition) is 2. The highest BCUT2D eigenvalue weighted by atomic mass is 16.6. The summed E-state index contributed by atoms with van der Waals surface area (Å²) in [5.41, 5.74) is 10.4. The Labute approximate surface area is 124 Å². The maximum Gasteiger partial charge on any atom is 0.338 e. The van der Waals surface area contributed by atoms with Crippen LogP contribution in [0.5, 0.6) is 0 Å². The zero-order chi connectivity index (χ0) is 15.7. The van der Waals surface area contributed by atoms with Crippen LogP contribution >= 0.6 is 0 Å². The van der Waals surface area contributed by atoms with Gasteiger partial charge < -0.3 is 20.9 Å². The van der Waals surface area contributed by atoms with Crippen molar-refractivity contribution in [3.8, 4) is 0 Å². The van der Waals surface area contributed by atoms with Crippen molar-refractivity contribution in [2.45, 2.75) is 31.4 Å². The van der Waals surface area contributed by atoms with Gasteiger partial charge in [0.25, 0.3) is 0 Å². The van der Waals surface area contributed by atoms with Gasteiger partial charge in [0, 0.05) is 0 Å². The average molecular weight is 294 g/mol. The molecule has 0 amide bonds. The van der Waals surface area contributed by atoms with E-state index in [0.717, 1.165) is 5.56 Å². The van der Waals surface area contributed by atoms with Gasteiger partial charge in [-0.05, 0) is 31.4 Å². The van der Waals surface area contributed by atoms with Gasteiger partial charge in [0.2, 0.25) is 5.54 Å². The quantitative estimate of drug-likeness (QED) is 0.416. The van der Waals surface area contributed by atoms with Crippen molar-refractivity contribution in [2.24, 2.45) is 11.5 Å². The first-order chi connectivity index (χ1) is 10.0. The number of carbonyl (C=O) groups is 2. The van der Waals surface area contributed by atoms with Crippen LogP contribution in [0.2, 0.25) is 0 Å².